The summed E-state index contributed by atoms with van der Waals surface area (Å²) in [5.74, 6) is 0.377. The molecule has 19 heavy (non-hydrogen) atoms. The number of nitrogens with one attached hydrogen (secondary N) is 2. The summed E-state index contributed by atoms with van der Waals surface area (Å²) in [6.07, 6.45) is 5.71. The molecule has 98 valence electrons. The monoisotopic (exact) mass is 257 g/mol. The van der Waals surface area contributed by atoms with Gasteiger partial charge in [0.05, 0.1) is 24.1 Å². The van der Waals surface area contributed by atoms with Gasteiger partial charge in [-0.05, 0) is 25.8 Å². The molecular formula is C13H15N5O. The lowest BCUT2D eigenvalue weighted by Gasteiger charge is -2.02. The van der Waals surface area contributed by atoms with Crippen molar-refractivity contribution < 1.29 is 4.79 Å². The molecule has 0 aliphatic heterocycles. The molecule has 6 heteroatoms. The van der Waals surface area contributed by atoms with Crippen molar-refractivity contribution in [3.05, 3.63) is 41.2 Å². The van der Waals surface area contributed by atoms with Gasteiger partial charge in [-0.15, -0.1) is 0 Å². The molecule has 1 fully saturated rings. The van der Waals surface area contributed by atoms with Gasteiger partial charge in [-0.2, -0.15) is 5.10 Å². The zero-order valence-corrected chi connectivity index (χ0v) is 10.7. The fourth-order valence-corrected chi connectivity index (χ4v) is 1.83. The summed E-state index contributed by atoms with van der Waals surface area (Å²) in [7, 11) is 0. The van der Waals surface area contributed by atoms with Gasteiger partial charge in [0.25, 0.3) is 5.91 Å². The molecule has 3 rings (SSSR count). The van der Waals surface area contributed by atoms with Crippen LogP contribution >= 0.6 is 0 Å². The van der Waals surface area contributed by atoms with Crippen LogP contribution in [0.3, 0.4) is 0 Å². The van der Waals surface area contributed by atoms with E-state index in [0.29, 0.717) is 18.2 Å². The molecule has 2 heterocycles. The third-order valence-electron chi connectivity index (χ3n) is 3.11. The zero-order chi connectivity index (χ0) is 13.2. The molecule has 0 saturated heterocycles. The first-order valence-corrected chi connectivity index (χ1v) is 6.33. The molecule has 0 radical (unpaired) electrons. The van der Waals surface area contributed by atoms with E-state index in [1.807, 2.05) is 13.0 Å². The molecule has 0 unspecified atom stereocenters. The molecule has 2 N–H and O–H groups in total. The van der Waals surface area contributed by atoms with Gasteiger partial charge in [0.1, 0.15) is 5.69 Å². The highest BCUT2D eigenvalue weighted by Crippen LogP contribution is 2.38. The van der Waals surface area contributed by atoms with Gasteiger partial charge in [-0.25, -0.2) is 0 Å². The fraction of sp³-hybridized carbons (Fsp3) is 0.385. The van der Waals surface area contributed by atoms with E-state index >= 15 is 0 Å². The second kappa shape index (κ2) is 4.79. The standard InChI is InChI=1S/C13H15N5O/c1-8-5-15-10(6-14-8)7-16-13(19)12-4-11(17-18-12)9-2-3-9/h4-6,9H,2-3,7H2,1H3,(H,16,19)(H,17,18). The van der Waals surface area contributed by atoms with E-state index in [9.17, 15) is 4.79 Å². The molecule has 1 amide bonds. The van der Waals surface area contributed by atoms with Crippen molar-refractivity contribution >= 4 is 5.91 Å². The summed E-state index contributed by atoms with van der Waals surface area (Å²) in [4.78, 5) is 20.2. The smallest absolute Gasteiger partial charge is 0.272 e. The maximum Gasteiger partial charge on any atom is 0.272 e. The van der Waals surface area contributed by atoms with Crippen molar-refractivity contribution in [3.63, 3.8) is 0 Å². The second-order valence-electron chi connectivity index (χ2n) is 4.81. The number of carbonyl (C=O) groups is 1. The zero-order valence-electron chi connectivity index (χ0n) is 10.7. The Morgan fingerprint density at radius 1 is 1.42 bits per heavy atom. The molecule has 0 spiro atoms. The number of aromatic nitrogens is 4. The van der Waals surface area contributed by atoms with E-state index in [1.165, 1.54) is 12.8 Å². The number of amides is 1. The summed E-state index contributed by atoms with van der Waals surface area (Å²) >= 11 is 0. The highest BCUT2D eigenvalue weighted by molar-refractivity contribution is 5.92. The predicted octanol–water partition coefficient (Wildman–Crippen LogP) is 1.32. The number of aromatic amines is 1. The minimum atomic E-state index is -0.189. The number of rotatable bonds is 4. The highest BCUT2D eigenvalue weighted by atomic mass is 16.1. The molecule has 0 atom stereocenters. The summed E-state index contributed by atoms with van der Waals surface area (Å²) in [6, 6.07) is 1.83. The van der Waals surface area contributed by atoms with Crippen LogP contribution in [0.4, 0.5) is 0 Å². The molecule has 2 aromatic heterocycles. The first-order valence-electron chi connectivity index (χ1n) is 6.33. The first kappa shape index (κ1) is 11.8. The van der Waals surface area contributed by atoms with Crippen LogP contribution in [0.5, 0.6) is 0 Å². The topological polar surface area (TPSA) is 83.6 Å². The number of aryl methyl sites for hydroxylation is 1. The quantitative estimate of drug-likeness (QED) is 0.865. The highest BCUT2D eigenvalue weighted by Gasteiger charge is 2.26. The van der Waals surface area contributed by atoms with E-state index in [1.54, 1.807) is 12.4 Å². The van der Waals surface area contributed by atoms with Crippen LogP contribution in [0.25, 0.3) is 0 Å². The lowest BCUT2D eigenvalue weighted by Crippen LogP contribution is -2.23. The van der Waals surface area contributed by atoms with Crippen LogP contribution in [-0.4, -0.2) is 26.1 Å². The Hall–Kier alpha value is -2.24. The number of H-pyrrole nitrogens is 1. The largest absolute Gasteiger partial charge is 0.345 e. The Labute approximate surface area is 110 Å². The number of nitrogens with zero attached hydrogens (tertiary/aromatic N) is 3. The summed E-state index contributed by atoms with van der Waals surface area (Å²) in [5, 5.41) is 9.73. The van der Waals surface area contributed by atoms with Crippen LogP contribution in [0, 0.1) is 6.92 Å². The molecular weight excluding hydrogens is 242 g/mol. The normalized spacial score (nSPS) is 14.4. The average molecular weight is 257 g/mol. The van der Waals surface area contributed by atoms with Crippen LogP contribution < -0.4 is 5.32 Å². The molecule has 2 aromatic rings. The van der Waals surface area contributed by atoms with Crippen LogP contribution in [-0.2, 0) is 6.54 Å². The van der Waals surface area contributed by atoms with E-state index in [0.717, 1.165) is 17.1 Å². The predicted molar refractivity (Wildman–Crippen MR) is 68.5 cm³/mol. The van der Waals surface area contributed by atoms with Crippen molar-refractivity contribution in [3.8, 4) is 0 Å². The van der Waals surface area contributed by atoms with Crippen molar-refractivity contribution in [1.29, 1.82) is 0 Å². The Morgan fingerprint density at radius 2 is 2.26 bits per heavy atom. The van der Waals surface area contributed by atoms with Gasteiger partial charge in [0.15, 0.2) is 0 Å². The van der Waals surface area contributed by atoms with Crippen LogP contribution in [0.2, 0.25) is 0 Å². The summed E-state index contributed by atoms with van der Waals surface area (Å²) < 4.78 is 0. The Morgan fingerprint density at radius 3 is 2.95 bits per heavy atom. The lowest BCUT2D eigenvalue weighted by molar-refractivity contribution is 0.0945. The third kappa shape index (κ3) is 2.78. The lowest BCUT2D eigenvalue weighted by atomic mass is 10.2. The van der Waals surface area contributed by atoms with Gasteiger partial charge >= 0.3 is 0 Å². The average Bonchev–Trinajstić information content (AvgIpc) is 3.15. The SMILES string of the molecule is Cc1cnc(CNC(=O)c2cc(C3CC3)[nH]n2)cn1. The van der Waals surface area contributed by atoms with E-state index in [-0.39, 0.29) is 5.91 Å². The van der Waals surface area contributed by atoms with Crippen molar-refractivity contribution in [2.45, 2.75) is 32.2 Å². The number of hydrogen-bond acceptors (Lipinski definition) is 4. The van der Waals surface area contributed by atoms with Gasteiger partial charge in [-0.1, -0.05) is 0 Å². The maximum absolute atomic E-state index is 11.9. The fourth-order valence-electron chi connectivity index (χ4n) is 1.83. The molecule has 1 aliphatic carbocycles. The van der Waals surface area contributed by atoms with Gasteiger partial charge in [0, 0.05) is 17.8 Å². The Bertz CT molecular complexity index is 585. The van der Waals surface area contributed by atoms with Crippen LogP contribution in [0.15, 0.2) is 18.5 Å². The molecule has 1 aliphatic rings. The molecule has 0 bridgehead atoms. The summed E-state index contributed by atoms with van der Waals surface area (Å²) in [6.45, 7) is 2.23. The number of carbonyl (C=O) groups excluding carboxylic acids is 1. The first-order chi connectivity index (χ1) is 9.22. The van der Waals surface area contributed by atoms with Gasteiger partial charge in [0.2, 0.25) is 0 Å². The molecule has 1 saturated carbocycles. The second-order valence-corrected chi connectivity index (χ2v) is 4.81. The molecule has 0 aromatic carbocycles. The van der Waals surface area contributed by atoms with E-state index < -0.39 is 0 Å². The molecule has 6 nitrogen and oxygen atoms in total. The number of hydrogen-bond donors (Lipinski definition) is 2. The van der Waals surface area contributed by atoms with Crippen molar-refractivity contribution in [2.24, 2.45) is 0 Å². The maximum atomic E-state index is 11.9. The van der Waals surface area contributed by atoms with Crippen LogP contribution in [0.1, 0.15) is 46.3 Å². The van der Waals surface area contributed by atoms with Crippen molar-refractivity contribution in [2.75, 3.05) is 0 Å². The minimum Gasteiger partial charge on any atom is -0.345 e. The van der Waals surface area contributed by atoms with E-state index in [4.69, 9.17) is 0 Å². The van der Waals surface area contributed by atoms with Gasteiger partial charge in [-0.3, -0.25) is 19.9 Å². The minimum absolute atomic E-state index is 0.189. The Kier molecular flexibility index (Phi) is 2.98. The van der Waals surface area contributed by atoms with Gasteiger partial charge < -0.3 is 5.32 Å². The van der Waals surface area contributed by atoms with Crippen molar-refractivity contribution in [1.82, 2.24) is 25.5 Å². The van der Waals surface area contributed by atoms with E-state index in [2.05, 4.69) is 25.5 Å². The third-order valence-corrected chi connectivity index (χ3v) is 3.11. The Balaban J connectivity index is 1.59. The summed E-state index contributed by atoms with van der Waals surface area (Å²) in [5.41, 5.74) is 3.08.